The molecule has 2 heterocycles. The Bertz CT molecular complexity index is 526. The van der Waals surface area contributed by atoms with Gasteiger partial charge in [0.05, 0.1) is 0 Å². The molecule has 0 aliphatic heterocycles. The number of aryl methyl sites for hydroxylation is 1. The maximum Gasteiger partial charge on any atom is 0.123 e. The largest absolute Gasteiger partial charge is 0.307 e. The van der Waals surface area contributed by atoms with Crippen LogP contribution in [0.1, 0.15) is 31.2 Å². The van der Waals surface area contributed by atoms with E-state index in [0.717, 1.165) is 11.6 Å². The zero-order valence-electron chi connectivity index (χ0n) is 11.3. The van der Waals surface area contributed by atoms with Crippen LogP contribution in [0.15, 0.2) is 24.7 Å². The van der Waals surface area contributed by atoms with Gasteiger partial charge in [0.15, 0.2) is 0 Å². The van der Waals surface area contributed by atoms with Gasteiger partial charge in [0.1, 0.15) is 5.01 Å². The van der Waals surface area contributed by atoms with Crippen LogP contribution >= 0.6 is 11.3 Å². The van der Waals surface area contributed by atoms with Crippen molar-refractivity contribution in [2.45, 2.75) is 39.8 Å². The summed E-state index contributed by atoms with van der Waals surface area (Å²) in [6.45, 7) is 9.44. The van der Waals surface area contributed by atoms with Gasteiger partial charge >= 0.3 is 0 Å². The molecule has 0 saturated carbocycles. The standard InChI is InChI=1S/C14H19N3S/c1-10-7-15-6-5-12(10)13-16-8-11(18-13)9-17-14(2,3)4/h5-8,17H,9H2,1-4H3. The Balaban J connectivity index is 2.14. The predicted molar refractivity (Wildman–Crippen MR) is 76.7 cm³/mol. The highest BCUT2D eigenvalue weighted by Crippen LogP contribution is 2.27. The van der Waals surface area contributed by atoms with Crippen LogP contribution in [0.2, 0.25) is 0 Å². The van der Waals surface area contributed by atoms with E-state index in [1.54, 1.807) is 11.3 Å². The van der Waals surface area contributed by atoms with E-state index in [1.807, 2.05) is 24.7 Å². The van der Waals surface area contributed by atoms with Crippen LogP contribution in [0, 0.1) is 6.92 Å². The van der Waals surface area contributed by atoms with Crippen LogP contribution in [0.4, 0.5) is 0 Å². The minimum atomic E-state index is 0.136. The van der Waals surface area contributed by atoms with Crippen molar-refractivity contribution in [3.05, 3.63) is 35.1 Å². The van der Waals surface area contributed by atoms with Crippen LogP contribution in [0.5, 0.6) is 0 Å². The number of aromatic nitrogens is 2. The fourth-order valence-electron chi connectivity index (χ4n) is 1.58. The summed E-state index contributed by atoms with van der Waals surface area (Å²) in [5.41, 5.74) is 2.48. The van der Waals surface area contributed by atoms with Crippen molar-refractivity contribution in [2.75, 3.05) is 0 Å². The van der Waals surface area contributed by atoms with Crippen LogP contribution in [-0.2, 0) is 6.54 Å². The molecule has 3 nitrogen and oxygen atoms in total. The Labute approximate surface area is 112 Å². The SMILES string of the molecule is Cc1cnccc1-c1ncc(CNC(C)(C)C)s1. The number of rotatable bonds is 3. The van der Waals surface area contributed by atoms with Crippen LogP contribution < -0.4 is 5.32 Å². The van der Waals surface area contributed by atoms with Crippen LogP contribution in [0.3, 0.4) is 0 Å². The first-order valence-corrected chi connectivity index (χ1v) is 6.88. The minimum absolute atomic E-state index is 0.136. The first-order chi connectivity index (χ1) is 8.46. The smallest absolute Gasteiger partial charge is 0.123 e. The molecule has 0 unspecified atom stereocenters. The van der Waals surface area contributed by atoms with E-state index in [4.69, 9.17) is 0 Å². The molecule has 0 amide bonds. The van der Waals surface area contributed by atoms with Gasteiger partial charge in [0.25, 0.3) is 0 Å². The molecule has 1 N–H and O–H groups in total. The molecular weight excluding hydrogens is 242 g/mol. The van der Waals surface area contributed by atoms with Gasteiger partial charge in [-0.15, -0.1) is 11.3 Å². The van der Waals surface area contributed by atoms with Gasteiger partial charge in [-0.25, -0.2) is 4.98 Å². The molecule has 0 aliphatic rings. The minimum Gasteiger partial charge on any atom is -0.307 e. The summed E-state index contributed by atoms with van der Waals surface area (Å²) in [6, 6.07) is 2.02. The zero-order valence-corrected chi connectivity index (χ0v) is 12.1. The molecule has 0 atom stereocenters. The van der Waals surface area contributed by atoms with E-state index in [-0.39, 0.29) is 5.54 Å². The summed E-state index contributed by atoms with van der Waals surface area (Å²) in [5.74, 6) is 0. The molecule has 0 saturated heterocycles. The zero-order chi connectivity index (χ0) is 13.2. The summed E-state index contributed by atoms with van der Waals surface area (Å²) in [4.78, 5) is 9.87. The molecule has 18 heavy (non-hydrogen) atoms. The highest BCUT2D eigenvalue weighted by atomic mass is 32.1. The third-order valence-corrected chi connectivity index (χ3v) is 3.63. The molecule has 0 radical (unpaired) electrons. The van der Waals surface area contributed by atoms with Gasteiger partial charge in [-0.05, 0) is 39.3 Å². The van der Waals surface area contributed by atoms with Crippen LogP contribution in [0.25, 0.3) is 10.6 Å². The monoisotopic (exact) mass is 261 g/mol. The molecule has 0 fully saturated rings. The van der Waals surface area contributed by atoms with Gasteiger partial charge in [-0.1, -0.05) is 0 Å². The Morgan fingerprint density at radius 3 is 2.72 bits per heavy atom. The molecule has 2 aromatic rings. The molecule has 0 aromatic carbocycles. The van der Waals surface area contributed by atoms with Gasteiger partial charge in [0, 0.05) is 41.1 Å². The molecule has 0 spiro atoms. The average molecular weight is 261 g/mol. The lowest BCUT2D eigenvalue weighted by Gasteiger charge is -2.19. The van der Waals surface area contributed by atoms with Crippen molar-refractivity contribution in [1.29, 1.82) is 0 Å². The van der Waals surface area contributed by atoms with Gasteiger partial charge in [-0.3, -0.25) is 4.98 Å². The predicted octanol–water partition coefficient (Wildman–Crippen LogP) is 3.40. The van der Waals surface area contributed by atoms with E-state index in [1.165, 1.54) is 16.0 Å². The van der Waals surface area contributed by atoms with E-state index >= 15 is 0 Å². The second-order valence-electron chi connectivity index (χ2n) is 5.43. The van der Waals surface area contributed by atoms with Gasteiger partial charge in [-0.2, -0.15) is 0 Å². The fraction of sp³-hybridized carbons (Fsp3) is 0.429. The highest BCUT2D eigenvalue weighted by Gasteiger charge is 2.11. The lowest BCUT2D eigenvalue weighted by molar-refractivity contribution is 0.426. The van der Waals surface area contributed by atoms with E-state index in [0.29, 0.717) is 0 Å². The van der Waals surface area contributed by atoms with Crippen molar-refractivity contribution in [3.63, 3.8) is 0 Å². The third kappa shape index (κ3) is 3.37. The lowest BCUT2D eigenvalue weighted by Crippen LogP contribution is -2.34. The molecule has 0 bridgehead atoms. The lowest BCUT2D eigenvalue weighted by atomic mass is 10.1. The van der Waals surface area contributed by atoms with Crippen molar-refractivity contribution in [2.24, 2.45) is 0 Å². The summed E-state index contributed by atoms with van der Waals surface area (Å²) < 4.78 is 0. The Morgan fingerprint density at radius 2 is 2.06 bits per heavy atom. The van der Waals surface area contributed by atoms with Crippen LogP contribution in [-0.4, -0.2) is 15.5 Å². The van der Waals surface area contributed by atoms with E-state index in [2.05, 4.69) is 43.0 Å². The first kappa shape index (κ1) is 13.2. The number of nitrogens with one attached hydrogen (secondary N) is 1. The second-order valence-corrected chi connectivity index (χ2v) is 6.54. The average Bonchev–Trinajstić information content (AvgIpc) is 2.75. The normalized spacial score (nSPS) is 11.8. The Kier molecular flexibility index (Phi) is 3.78. The van der Waals surface area contributed by atoms with Gasteiger partial charge < -0.3 is 5.32 Å². The molecule has 2 aromatic heterocycles. The maximum atomic E-state index is 4.50. The van der Waals surface area contributed by atoms with E-state index in [9.17, 15) is 0 Å². The number of thiazole rings is 1. The van der Waals surface area contributed by atoms with Crippen molar-refractivity contribution in [1.82, 2.24) is 15.3 Å². The van der Waals surface area contributed by atoms with Crippen molar-refractivity contribution in [3.8, 4) is 10.6 Å². The summed E-state index contributed by atoms with van der Waals surface area (Å²) in [6.07, 6.45) is 5.65. The molecule has 0 aliphatic carbocycles. The number of nitrogens with zero attached hydrogens (tertiary/aromatic N) is 2. The Hall–Kier alpha value is -1.26. The number of hydrogen-bond donors (Lipinski definition) is 1. The Morgan fingerprint density at radius 1 is 1.28 bits per heavy atom. The molecular formula is C14H19N3S. The third-order valence-electron chi connectivity index (χ3n) is 2.60. The summed E-state index contributed by atoms with van der Waals surface area (Å²) in [7, 11) is 0. The molecule has 4 heteroatoms. The fourth-order valence-corrected chi connectivity index (χ4v) is 2.52. The van der Waals surface area contributed by atoms with Crippen molar-refractivity contribution >= 4 is 11.3 Å². The highest BCUT2D eigenvalue weighted by molar-refractivity contribution is 7.15. The molecule has 96 valence electrons. The quantitative estimate of drug-likeness (QED) is 0.920. The second kappa shape index (κ2) is 5.16. The topological polar surface area (TPSA) is 37.8 Å². The number of pyridine rings is 1. The summed E-state index contributed by atoms with van der Waals surface area (Å²) in [5, 5.41) is 4.55. The molecule has 2 rings (SSSR count). The van der Waals surface area contributed by atoms with E-state index < -0.39 is 0 Å². The summed E-state index contributed by atoms with van der Waals surface area (Å²) >= 11 is 1.74. The maximum absolute atomic E-state index is 4.50. The number of hydrogen-bond acceptors (Lipinski definition) is 4. The van der Waals surface area contributed by atoms with Crippen molar-refractivity contribution < 1.29 is 0 Å². The van der Waals surface area contributed by atoms with Gasteiger partial charge in [0.2, 0.25) is 0 Å². The first-order valence-electron chi connectivity index (χ1n) is 6.06.